The topological polar surface area (TPSA) is 164 Å². The monoisotopic (exact) mass is 615 g/mol. The molecule has 42 heavy (non-hydrogen) atoms. The van der Waals surface area contributed by atoms with E-state index in [4.69, 9.17) is 10.1 Å². The summed E-state index contributed by atoms with van der Waals surface area (Å²) in [6, 6.07) is 8.09. The number of ketones is 2. The second kappa shape index (κ2) is 16.4. The van der Waals surface area contributed by atoms with E-state index in [0.717, 1.165) is 45.5 Å². The van der Waals surface area contributed by atoms with E-state index in [0.29, 0.717) is 5.56 Å². The predicted octanol–water partition coefficient (Wildman–Crippen LogP) is 5.77. The highest BCUT2D eigenvalue weighted by Crippen LogP contribution is 2.31. The van der Waals surface area contributed by atoms with Crippen molar-refractivity contribution in [3.63, 3.8) is 0 Å². The fourth-order valence-electron chi connectivity index (χ4n) is 2.43. The maximum Gasteiger partial charge on any atom is 0.573 e. The summed E-state index contributed by atoms with van der Waals surface area (Å²) >= 11 is 0. The molecule has 19 heteroatoms. The summed E-state index contributed by atoms with van der Waals surface area (Å²) in [7, 11) is 2.86. The van der Waals surface area contributed by atoms with Crippen molar-refractivity contribution in [2.24, 2.45) is 0 Å². The molecule has 0 bridgehead atoms. The highest BCUT2D eigenvalue weighted by molar-refractivity contribution is 5.96. The third kappa shape index (κ3) is 15.0. The SMILES string of the molecule is COC(=O)N(OC(F)(F)F)c1ccc(C(C)=O)cc1.COC(=O)Nc1ccc(C(C)=O)cc1OC(F)(F)F.C[N+](=O)[O-]. The number of hydroxylamine groups is 1. The van der Waals surface area contributed by atoms with Crippen molar-refractivity contribution < 1.29 is 69.5 Å². The van der Waals surface area contributed by atoms with Gasteiger partial charge < -0.3 is 14.2 Å². The molecule has 0 heterocycles. The van der Waals surface area contributed by atoms with Crippen LogP contribution in [0, 0.1) is 10.1 Å². The molecule has 1 N–H and O–H groups in total. The standard InChI is InChI=1S/2C11H10F3NO4.CH3NO2/c1-7(16)8-3-5-9(6-4-8)15(10(17)18-2)19-11(12,13)14;1-6(16)7-3-4-8(15-10(17)18-2)9(5-7)19-11(12,13)14;1-2(3)4/h3-6H,1-2H3;3-5H,1-2H3,(H,15,17);1H3. The van der Waals surface area contributed by atoms with E-state index < -0.39 is 41.4 Å². The van der Waals surface area contributed by atoms with Crippen LogP contribution in [0.5, 0.6) is 5.75 Å². The molecular formula is C23H23F6N3O10. The number of amides is 2. The highest BCUT2D eigenvalue weighted by Gasteiger charge is 2.37. The number of nitrogens with zero attached hydrogens (tertiary/aromatic N) is 2. The van der Waals surface area contributed by atoms with Crippen LogP contribution in [-0.4, -0.2) is 62.7 Å². The van der Waals surface area contributed by atoms with Gasteiger partial charge in [-0.3, -0.25) is 25.0 Å². The summed E-state index contributed by atoms with van der Waals surface area (Å²) < 4.78 is 85.4. The normalized spacial score (nSPS) is 10.5. The lowest BCUT2D eigenvalue weighted by atomic mass is 10.1. The fourth-order valence-corrected chi connectivity index (χ4v) is 2.43. The molecule has 2 rings (SSSR count). The number of rotatable bonds is 6. The van der Waals surface area contributed by atoms with Crippen LogP contribution in [-0.2, 0) is 14.3 Å². The zero-order chi connectivity index (χ0) is 32.8. The van der Waals surface area contributed by atoms with Crippen LogP contribution in [0.3, 0.4) is 0 Å². The molecule has 0 spiro atoms. The number of alkyl halides is 6. The molecule has 0 saturated heterocycles. The number of ether oxygens (including phenoxy) is 3. The lowest BCUT2D eigenvalue weighted by Gasteiger charge is -2.21. The van der Waals surface area contributed by atoms with E-state index in [-0.39, 0.29) is 27.8 Å². The molecule has 0 aliphatic rings. The minimum Gasteiger partial charge on any atom is -0.453 e. The molecule has 0 atom stereocenters. The van der Waals surface area contributed by atoms with Gasteiger partial charge in [0.2, 0.25) is 0 Å². The van der Waals surface area contributed by atoms with E-state index in [1.165, 1.54) is 32.0 Å². The third-order valence-corrected chi connectivity index (χ3v) is 4.08. The molecule has 2 aromatic rings. The van der Waals surface area contributed by atoms with Gasteiger partial charge in [0.05, 0.1) is 25.6 Å². The Labute approximate surface area is 233 Å². The second-order valence-electron chi connectivity index (χ2n) is 7.28. The number of hydrogen-bond acceptors (Lipinski definition) is 10. The molecule has 0 saturated carbocycles. The molecule has 0 radical (unpaired) electrons. The highest BCUT2D eigenvalue weighted by atomic mass is 19.4. The quantitative estimate of drug-likeness (QED) is 0.183. The van der Waals surface area contributed by atoms with Crippen molar-refractivity contribution in [2.75, 3.05) is 31.6 Å². The first kappa shape index (κ1) is 37.1. The minimum absolute atomic E-state index is 0.0228. The number of hydrogen-bond donors (Lipinski definition) is 1. The van der Waals surface area contributed by atoms with Gasteiger partial charge in [0, 0.05) is 16.1 Å². The maximum absolute atomic E-state index is 12.2. The van der Waals surface area contributed by atoms with Crippen molar-refractivity contribution in [1.29, 1.82) is 0 Å². The van der Waals surface area contributed by atoms with Crippen LogP contribution in [0.4, 0.5) is 47.3 Å². The Hall–Kier alpha value is -4.94. The molecule has 0 aliphatic carbocycles. The van der Waals surface area contributed by atoms with Gasteiger partial charge in [-0.25, -0.2) is 9.59 Å². The van der Waals surface area contributed by atoms with Gasteiger partial charge in [-0.1, -0.05) is 0 Å². The average Bonchev–Trinajstić information content (AvgIpc) is 2.86. The summed E-state index contributed by atoms with van der Waals surface area (Å²) in [6.07, 6.45) is -12.3. The van der Waals surface area contributed by atoms with Gasteiger partial charge in [-0.05, 0) is 56.3 Å². The van der Waals surface area contributed by atoms with Crippen molar-refractivity contribution >= 4 is 35.1 Å². The number of nitro groups is 1. The minimum atomic E-state index is -5.05. The van der Waals surface area contributed by atoms with Crippen molar-refractivity contribution in [2.45, 2.75) is 26.6 Å². The molecule has 232 valence electrons. The van der Waals surface area contributed by atoms with Crippen LogP contribution in [0.1, 0.15) is 34.6 Å². The Morgan fingerprint density at radius 2 is 1.31 bits per heavy atom. The Bertz CT molecular complexity index is 1250. The molecular weight excluding hydrogens is 592 g/mol. The van der Waals surface area contributed by atoms with Gasteiger partial charge in [0.15, 0.2) is 24.4 Å². The molecule has 0 fully saturated rings. The largest absolute Gasteiger partial charge is 0.573 e. The Kier molecular flexibility index (Phi) is 14.4. The van der Waals surface area contributed by atoms with Crippen LogP contribution in [0.2, 0.25) is 0 Å². The maximum atomic E-state index is 12.2. The van der Waals surface area contributed by atoms with Gasteiger partial charge in [0.25, 0.3) is 0 Å². The van der Waals surface area contributed by atoms with Crippen molar-refractivity contribution in [3.8, 4) is 5.75 Å². The Morgan fingerprint density at radius 1 is 0.833 bits per heavy atom. The Balaban J connectivity index is 0.000000710. The number of carbonyl (C=O) groups is 4. The average molecular weight is 615 g/mol. The molecule has 0 unspecified atom stereocenters. The number of halogens is 6. The first-order valence-electron chi connectivity index (χ1n) is 10.8. The van der Waals surface area contributed by atoms with Crippen LogP contribution in [0.15, 0.2) is 42.5 Å². The smallest absolute Gasteiger partial charge is 0.453 e. The zero-order valence-electron chi connectivity index (χ0n) is 22.3. The lowest BCUT2D eigenvalue weighted by Crippen LogP contribution is -2.36. The van der Waals surface area contributed by atoms with Crippen molar-refractivity contribution in [1.82, 2.24) is 0 Å². The fraction of sp³-hybridized carbons (Fsp3) is 0.304. The summed E-state index contributed by atoms with van der Waals surface area (Å²) in [5.74, 6) is -1.38. The second-order valence-corrected chi connectivity index (χ2v) is 7.28. The van der Waals surface area contributed by atoms with E-state index in [9.17, 15) is 45.5 Å². The number of methoxy groups -OCH3 is 2. The first-order chi connectivity index (χ1) is 19.2. The van der Waals surface area contributed by atoms with E-state index >= 15 is 0 Å². The number of anilines is 2. The van der Waals surface area contributed by atoms with E-state index in [1.807, 2.05) is 0 Å². The van der Waals surface area contributed by atoms with Gasteiger partial charge in [-0.2, -0.15) is 4.84 Å². The molecule has 2 aromatic carbocycles. The first-order valence-corrected chi connectivity index (χ1v) is 10.8. The molecule has 0 aromatic heterocycles. The van der Waals surface area contributed by atoms with Crippen molar-refractivity contribution in [3.05, 3.63) is 63.7 Å². The number of nitrogens with one attached hydrogen (secondary N) is 1. The van der Waals surface area contributed by atoms with Crippen LogP contribution < -0.4 is 15.1 Å². The third-order valence-electron chi connectivity index (χ3n) is 4.08. The number of Topliss-reactive ketones (excluding diaryl/α,β-unsaturated/α-hetero) is 2. The van der Waals surface area contributed by atoms with Gasteiger partial charge in [-0.15, -0.1) is 31.4 Å². The van der Waals surface area contributed by atoms with E-state index in [2.05, 4.69) is 24.4 Å². The van der Waals surface area contributed by atoms with Gasteiger partial charge in [0.1, 0.15) is 0 Å². The van der Waals surface area contributed by atoms with E-state index in [1.54, 1.807) is 0 Å². The summed E-state index contributed by atoms with van der Waals surface area (Å²) in [6.45, 7) is 2.50. The molecule has 2 amide bonds. The zero-order valence-corrected chi connectivity index (χ0v) is 22.3. The summed E-state index contributed by atoms with van der Waals surface area (Å²) in [5, 5.41) is 10.8. The number of carbonyl (C=O) groups excluding carboxylic acids is 4. The molecule has 13 nitrogen and oxygen atoms in total. The van der Waals surface area contributed by atoms with Crippen LogP contribution >= 0.6 is 0 Å². The van der Waals surface area contributed by atoms with Crippen LogP contribution in [0.25, 0.3) is 0 Å². The Morgan fingerprint density at radius 3 is 1.69 bits per heavy atom. The van der Waals surface area contributed by atoms with Gasteiger partial charge >= 0.3 is 24.9 Å². The molecule has 0 aliphatic heterocycles. The summed E-state index contributed by atoms with van der Waals surface area (Å²) in [5.41, 5.74) is -0.154. The predicted molar refractivity (Wildman–Crippen MR) is 131 cm³/mol. The lowest BCUT2D eigenvalue weighted by molar-refractivity contribution is -0.445. The number of benzene rings is 2. The summed E-state index contributed by atoms with van der Waals surface area (Å²) in [4.78, 5) is 56.2.